The molecule has 5 heterocycles. The van der Waals surface area contributed by atoms with Gasteiger partial charge in [-0.15, -0.1) is 0 Å². The quantitative estimate of drug-likeness (QED) is 0.145. The van der Waals surface area contributed by atoms with Gasteiger partial charge in [-0.3, -0.25) is 4.90 Å². The lowest BCUT2D eigenvalue weighted by Gasteiger charge is -2.35. The molecule has 0 unspecified atom stereocenters. The fraction of sp³-hybridized carbons (Fsp3) is 0.457. The first kappa shape index (κ1) is 31.1. The van der Waals surface area contributed by atoms with E-state index >= 15 is 8.78 Å². The maximum atomic E-state index is 17.4. The number of hydrogen-bond acceptors (Lipinski definition) is 9. The van der Waals surface area contributed by atoms with Gasteiger partial charge in [0.15, 0.2) is 17.5 Å². The van der Waals surface area contributed by atoms with Crippen LogP contribution in [0.15, 0.2) is 35.5 Å². The summed E-state index contributed by atoms with van der Waals surface area (Å²) >= 11 is 0. The van der Waals surface area contributed by atoms with Gasteiger partial charge in [0.05, 0.1) is 11.3 Å². The van der Waals surface area contributed by atoms with Crippen molar-refractivity contribution >= 4 is 33.2 Å². The van der Waals surface area contributed by atoms with Gasteiger partial charge in [0, 0.05) is 60.0 Å². The van der Waals surface area contributed by atoms with Gasteiger partial charge in [0.2, 0.25) is 0 Å². The highest BCUT2D eigenvalue weighted by Crippen LogP contribution is 2.44. The minimum atomic E-state index is -1.18. The average molecular weight is 665 g/mol. The van der Waals surface area contributed by atoms with E-state index in [0.717, 1.165) is 38.3 Å². The topological polar surface area (TPSA) is 95.3 Å². The summed E-state index contributed by atoms with van der Waals surface area (Å²) in [5.74, 6) is -2.93. The smallest absolute Gasteiger partial charge is 0.319 e. The maximum Gasteiger partial charge on any atom is 0.319 e. The number of oxime groups is 1. The zero-order chi connectivity index (χ0) is 33.3. The number of phenolic OH excluding ortho intramolecular Hbond substituents is 1. The lowest BCUT2D eigenvalue weighted by atomic mass is 9.90. The summed E-state index contributed by atoms with van der Waals surface area (Å²) < 4.78 is 68.3. The zero-order valence-corrected chi connectivity index (χ0v) is 26.7. The molecule has 0 spiro atoms. The van der Waals surface area contributed by atoms with Crippen molar-refractivity contribution in [2.45, 2.75) is 62.8 Å². The Hall–Kier alpha value is -4.23. The van der Waals surface area contributed by atoms with Gasteiger partial charge in [-0.1, -0.05) is 11.2 Å². The number of rotatable bonds is 7. The molecule has 48 heavy (non-hydrogen) atoms. The highest BCUT2D eigenvalue weighted by molar-refractivity contribution is 6.12. The van der Waals surface area contributed by atoms with Crippen LogP contribution in [0.5, 0.6) is 11.8 Å². The molecule has 0 radical (unpaired) electrons. The fourth-order valence-electron chi connectivity index (χ4n) is 8.43. The minimum absolute atomic E-state index is 0.0511. The summed E-state index contributed by atoms with van der Waals surface area (Å²) in [5, 5.41) is 18.7. The summed E-state index contributed by atoms with van der Waals surface area (Å²) in [6.45, 7) is 4.18. The van der Waals surface area contributed by atoms with Gasteiger partial charge in [0.25, 0.3) is 0 Å². The number of piperazine rings is 1. The van der Waals surface area contributed by atoms with Crippen LogP contribution in [-0.4, -0.2) is 89.4 Å². The molecule has 9 nitrogen and oxygen atoms in total. The lowest BCUT2D eigenvalue weighted by Crippen LogP contribution is -2.51. The molecule has 0 aliphatic carbocycles. The molecular weight excluding hydrogens is 628 g/mol. The lowest BCUT2D eigenvalue weighted by molar-refractivity contribution is 0.107. The molecule has 1 aromatic heterocycles. The van der Waals surface area contributed by atoms with E-state index in [0.29, 0.717) is 37.3 Å². The zero-order valence-electron chi connectivity index (χ0n) is 26.7. The highest BCUT2D eigenvalue weighted by atomic mass is 19.2. The van der Waals surface area contributed by atoms with Crippen molar-refractivity contribution in [1.82, 2.24) is 20.2 Å². The van der Waals surface area contributed by atoms with E-state index in [9.17, 15) is 13.9 Å². The minimum Gasteiger partial charge on any atom is -0.508 e. The van der Waals surface area contributed by atoms with Crippen molar-refractivity contribution in [3.63, 3.8) is 0 Å². The fourth-order valence-corrected chi connectivity index (χ4v) is 8.43. The van der Waals surface area contributed by atoms with E-state index in [2.05, 4.69) is 25.3 Å². The number of nitrogens with zero attached hydrogens (tertiary/aromatic N) is 5. The third-order valence-corrected chi connectivity index (χ3v) is 10.5. The Bertz CT molecular complexity index is 1960. The molecule has 4 aromatic rings. The number of phenols is 1. The van der Waals surface area contributed by atoms with Crippen LogP contribution in [0.4, 0.5) is 23.4 Å². The number of nitrogens with one attached hydrogen (secondary N) is 1. The van der Waals surface area contributed by atoms with E-state index < -0.39 is 29.2 Å². The number of hydrogen-bond donors (Lipinski definition) is 2. The molecule has 8 rings (SSSR count). The average Bonchev–Trinajstić information content (AvgIpc) is 3.71. The van der Waals surface area contributed by atoms with E-state index in [4.69, 9.17) is 14.6 Å². The summed E-state index contributed by atoms with van der Waals surface area (Å²) in [6.07, 6.45) is 3.12. The van der Waals surface area contributed by atoms with Gasteiger partial charge in [-0.05, 0) is 74.4 Å². The molecule has 13 heteroatoms. The van der Waals surface area contributed by atoms with Crippen LogP contribution in [0.3, 0.4) is 0 Å². The summed E-state index contributed by atoms with van der Waals surface area (Å²) in [5.41, 5.74) is -0.293. The van der Waals surface area contributed by atoms with Crippen molar-refractivity contribution in [2.75, 3.05) is 44.8 Å². The second kappa shape index (κ2) is 11.7. The number of alkyl halides is 1. The van der Waals surface area contributed by atoms with Crippen molar-refractivity contribution < 1.29 is 32.2 Å². The normalized spacial score (nSPS) is 25.8. The first-order chi connectivity index (χ1) is 23.1. The summed E-state index contributed by atoms with van der Waals surface area (Å²) in [6, 6.07) is 6.88. The molecule has 4 atom stereocenters. The second-order valence-corrected chi connectivity index (χ2v) is 13.6. The number of ether oxygens (including phenoxy) is 1. The van der Waals surface area contributed by atoms with E-state index in [-0.39, 0.29) is 69.1 Å². The predicted octanol–water partition coefficient (Wildman–Crippen LogP) is 5.84. The Morgan fingerprint density at radius 3 is 2.65 bits per heavy atom. The van der Waals surface area contributed by atoms with Crippen LogP contribution in [0.2, 0.25) is 0 Å². The molecule has 0 saturated carbocycles. The van der Waals surface area contributed by atoms with Gasteiger partial charge >= 0.3 is 6.01 Å². The molecule has 252 valence electrons. The van der Waals surface area contributed by atoms with Crippen LogP contribution < -0.4 is 15.0 Å². The Morgan fingerprint density at radius 2 is 1.88 bits per heavy atom. The largest absolute Gasteiger partial charge is 0.508 e. The van der Waals surface area contributed by atoms with E-state index in [1.807, 2.05) is 0 Å². The van der Waals surface area contributed by atoms with E-state index in [1.165, 1.54) is 25.3 Å². The number of halogens is 4. The molecule has 4 aliphatic rings. The molecule has 0 amide bonds. The molecule has 2 bridgehead atoms. The summed E-state index contributed by atoms with van der Waals surface area (Å²) in [4.78, 5) is 18.7. The first-order valence-electron chi connectivity index (χ1n) is 16.4. The van der Waals surface area contributed by atoms with E-state index in [1.54, 1.807) is 13.0 Å². The van der Waals surface area contributed by atoms with Gasteiger partial charge in [-0.25, -0.2) is 17.6 Å². The van der Waals surface area contributed by atoms with Crippen LogP contribution >= 0.6 is 0 Å². The van der Waals surface area contributed by atoms with Crippen LogP contribution in [-0.2, 0) is 4.84 Å². The number of benzene rings is 3. The van der Waals surface area contributed by atoms with Gasteiger partial charge < -0.3 is 24.9 Å². The monoisotopic (exact) mass is 664 g/mol. The number of aromatic nitrogens is 2. The maximum absolute atomic E-state index is 17.4. The highest BCUT2D eigenvalue weighted by Gasteiger charge is 2.49. The van der Waals surface area contributed by atoms with Crippen LogP contribution in [0.25, 0.3) is 32.8 Å². The van der Waals surface area contributed by atoms with Crippen LogP contribution in [0, 0.1) is 17.5 Å². The SMILES string of the molecule is CON=C(C)c1cc2c(N3C[C@H]4CC[C@@H](C3)N4)nc(OC[C@@]34CCCN3C[C@H](F)C4)nc2c(F)c1-c1cc(O)cc2ccc(F)c(F)c12. The Morgan fingerprint density at radius 1 is 1.08 bits per heavy atom. The van der Waals surface area contributed by atoms with Crippen molar-refractivity contribution in [2.24, 2.45) is 5.16 Å². The van der Waals surface area contributed by atoms with Crippen LogP contribution in [0.1, 0.15) is 44.6 Å². The first-order valence-corrected chi connectivity index (χ1v) is 16.4. The molecule has 4 aliphatic heterocycles. The molecule has 3 aromatic carbocycles. The third-order valence-electron chi connectivity index (χ3n) is 10.5. The molecule has 4 saturated heterocycles. The third kappa shape index (κ3) is 5.09. The summed E-state index contributed by atoms with van der Waals surface area (Å²) in [7, 11) is 1.36. The number of anilines is 1. The van der Waals surface area contributed by atoms with Gasteiger partial charge in [-0.2, -0.15) is 9.97 Å². The second-order valence-electron chi connectivity index (χ2n) is 13.6. The Kier molecular flexibility index (Phi) is 7.59. The standard InChI is InChI=1S/C35H36F4N6O3/c1-18(43-47-2)24-12-26-32(31(39)29(24)25-11-23(46)10-19-4-7-27(37)30(38)28(19)25)41-34(42-33(26)44-15-21-5-6-22(16-44)40-21)48-17-35-8-3-9-45(35)14-20(36)13-35/h4,7,10-12,20-22,40,46H,3,5-6,8-9,13-17H2,1-2H3/t20-,21-,22+,35+/m1/s1. The molecule has 2 N–H and O–H groups in total. The van der Waals surface area contributed by atoms with Crippen molar-refractivity contribution in [1.29, 1.82) is 0 Å². The molecule has 4 fully saturated rings. The predicted molar refractivity (Wildman–Crippen MR) is 174 cm³/mol. The Balaban J connectivity index is 1.35. The number of fused-ring (bicyclic) bond motifs is 5. The van der Waals surface area contributed by atoms with Crippen molar-refractivity contribution in [3.05, 3.63) is 53.3 Å². The van der Waals surface area contributed by atoms with Crippen molar-refractivity contribution in [3.8, 4) is 22.9 Å². The Labute approximate surface area is 274 Å². The van der Waals surface area contributed by atoms with Gasteiger partial charge in [0.1, 0.15) is 37.0 Å². The number of aromatic hydroxyl groups is 1. The molecular formula is C35H36F4N6O3.